The molecule has 0 saturated carbocycles. The summed E-state index contributed by atoms with van der Waals surface area (Å²) < 4.78 is 24.0. The first-order valence-electron chi connectivity index (χ1n) is 7.03. The Hall–Kier alpha value is -1.66. The molecule has 1 fully saturated rings. The van der Waals surface area contributed by atoms with Crippen LogP contribution in [0.15, 0.2) is 18.2 Å². The summed E-state index contributed by atoms with van der Waals surface area (Å²) >= 11 is 0. The van der Waals surface area contributed by atoms with E-state index < -0.39 is 5.79 Å². The average Bonchev–Trinajstić information content (AvgIpc) is 2.87. The van der Waals surface area contributed by atoms with Crippen molar-refractivity contribution in [2.24, 2.45) is 0 Å². The van der Waals surface area contributed by atoms with Crippen molar-refractivity contribution in [3.63, 3.8) is 0 Å². The Bertz CT molecular complexity index is 502. The smallest absolute Gasteiger partial charge is 0.315 e. The summed E-state index contributed by atoms with van der Waals surface area (Å²) in [5, 5.41) is 5.48. The molecule has 0 unspecified atom stereocenters. The highest BCUT2D eigenvalue weighted by Crippen LogP contribution is 2.21. The summed E-state index contributed by atoms with van der Waals surface area (Å²) in [6.45, 7) is 5.56. The fraction of sp³-hybridized carbons (Fsp3) is 0.533. The van der Waals surface area contributed by atoms with Gasteiger partial charge in [-0.3, -0.25) is 0 Å². The van der Waals surface area contributed by atoms with E-state index in [0.717, 1.165) is 5.56 Å². The zero-order valence-electron chi connectivity index (χ0n) is 12.4. The van der Waals surface area contributed by atoms with Crippen molar-refractivity contribution in [2.45, 2.75) is 32.6 Å². The van der Waals surface area contributed by atoms with Gasteiger partial charge in [0.1, 0.15) is 5.82 Å². The highest BCUT2D eigenvalue weighted by Gasteiger charge is 2.30. The molecule has 21 heavy (non-hydrogen) atoms. The van der Waals surface area contributed by atoms with Gasteiger partial charge in [0.05, 0.1) is 13.2 Å². The second-order valence-corrected chi connectivity index (χ2v) is 5.27. The van der Waals surface area contributed by atoms with Crippen LogP contribution in [0, 0.1) is 12.7 Å². The third-order valence-electron chi connectivity index (χ3n) is 3.44. The zero-order chi connectivity index (χ0) is 15.3. The molecule has 0 bridgehead atoms. The van der Waals surface area contributed by atoms with E-state index in [1.54, 1.807) is 19.1 Å². The van der Waals surface area contributed by atoms with Crippen molar-refractivity contribution in [1.82, 2.24) is 10.6 Å². The van der Waals surface area contributed by atoms with Gasteiger partial charge in [-0.05, 0) is 31.0 Å². The Balaban J connectivity index is 1.68. The SMILES string of the molecule is Cc1cc(CNC(=O)NCCC2(C)OCCO2)ccc1F. The van der Waals surface area contributed by atoms with Gasteiger partial charge in [-0.1, -0.05) is 12.1 Å². The molecule has 1 heterocycles. The molecule has 0 atom stereocenters. The lowest BCUT2D eigenvalue weighted by molar-refractivity contribution is -0.145. The van der Waals surface area contributed by atoms with Crippen LogP contribution in [0.25, 0.3) is 0 Å². The number of carbonyl (C=O) groups is 1. The number of ether oxygens (including phenoxy) is 2. The van der Waals surface area contributed by atoms with Gasteiger partial charge in [-0.2, -0.15) is 0 Å². The molecule has 1 aromatic rings. The fourth-order valence-electron chi connectivity index (χ4n) is 2.17. The predicted octanol–water partition coefficient (Wildman–Crippen LogP) is 2.09. The van der Waals surface area contributed by atoms with Crippen LogP contribution in [-0.2, 0) is 16.0 Å². The van der Waals surface area contributed by atoms with Crippen LogP contribution in [0.2, 0.25) is 0 Å². The number of hydrogen-bond acceptors (Lipinski definition) is 3. The molecule has 5 nitrogen and oxygen atoms in total. The van der Waals surface area contributed by atoms with Crippen LogP contribution in [0.3, 0.4) is 0 Å². The zero-order valence-corrected chi connectivity index (χ0v) is 12.4. The van der Waals surface area contributed by atoms with Gasteiger partial charge in [0.2, 0.25) is 0 Å². The van der Waals surface area contributed by atoms with E-state index in [0.29, 0.717) is 38.3 Å². The van der Waals surface area contributed by atoms with Crippen LogP contribution in [0.1, 0.15) is 24.5 Å². The highest BCUT2D eigenvalue weighted by atomic mass is 19.1. The summed E-state index contributed by atoms with van der Waals surface area (Å²) in [5.41, 5.74) is 1.43. The normalized spacial score (nSPS) is 16.7. The second kappa shape index (κ2) is 6.87. The van der Waals surface area contributed by atoms with E-state index in [9.17, 15) is 9.18 Å². The number of amides is 2. The summed E-state index contributed by atoms with van der Waals surface area (Å²) in [4.78, 5) is 11.7. The van der Waals surface area contributed by atoms with Gasteiger partial charge >= 0.3 is 6.03 Å². The Kier molecular flexibility index (Phi) is 5.14. The number of urea groups is 1. The minimum absolute atomic E-state index is 0.243. The first-order chi connectivity index (χ1) is 9.98. The van der Waals surface area contributed by atoms with Crippen molar-refractivity contribution >= 4 is 6.03 Å². The number of hydrogen-bond donors (Lipinski definition) is 2. The van der Waals surface area contributed by atoms with Crippen molar-refractivity contribution in [2.75, 3.05) is 19.8 Å². The van der Waals surface area contributed by atoms with Crippen molar-refractivity contribution in [3.05, 3.63) is 35.1 Å². The second-order valence-electron chi connectivity index (χ2n) is 5.27. The standard InChI is InChI=1S/C15H21FN2O3/c1-11-9-12(3-4-13(11)16)10-18-14(19)17-6-5-15(2)20-7-8-21-15/h3-4,9H,5-8,10H2,1-2H3,(H2,17,18,19). The summed E-state index contributed by atoms with van der Waals surface area (Å²) in [6, 6.07) is 4.51. The van der Waals surface area contributed by atoms with Gasteiger partial charge in [0, 0.05) is 19.5 Å². The fourth-order valence-corrected chi connectivity index (χ4v) is 2.17. The van der Waals surface area contributed by atoms with Crippen LogP contribution in [-0.4, -0.2) is 31.6 Å². The lowest BCUT2D eigenvalue weighted by Gasteiger charge is -2.22. The van der Waals surface area contributed by atoms with Crippen LogP contribution >= 0.6 is 0 Å². The van der Waals surface area contributed by atoms with E-state index in [-0.39, 0.29) is 11.8 Å². The number of nitrogens with one attached hydrogen (secondary N) is 2. The molecular weight excluding hydrogens is 275 g/mol. The molecule has 0 spiro atoms. The van der Waals surface area contributed by atoms with E-state index in [2.05, 4.69) is 10.6 Å². The largest absolute Gasteiger partial charge is 0.348 e. The van der Waals surface area contributed by atoms with Gasteiger partial charge < -0.3 is 20.1 Å². The van der Waals surface area contributed by atoms with Gasteiger partial charge in [0.25, 0.3) is 0 Å². The van der Waals surface area contributed by atoms with E-state index in [1.807, 2.05) is 6.92 Å². The predicted molar refractivity (Wildman–Crippen MR) is 76.3 cm³/mol. The van der Waals surface area contributed by atoms with Crippen LogP contribution in [0.4, 0.5) is 9.18 Å². The number of carbonyl (C=O) groups excluding carboxylic acids is 1. The topological polar surface area (TPSA) is 59.6 Å². The average molecular weight is 296 g/mol. The van der Waals surface area contributed by atoms with E-state index in [1.165, 1.54) is 6.07 Å². The molecule has 0 aromatic heterocycles. The third kappa shape index (κ3) is 4.68. The summed E-state index contributed by atoms with van der Waals surface area (Å²) in [5.74, 6) is -0.838. The quantitative estimate of drug-likeness (QED) is 0.874. The van der Waals surface area contributed by atoms with Crippen molar-refractivity contribution in [1.29, 1.82) is 0 Å². The molecule has 2 amide bonds. The first-order valence-corrected chi connectivity index (χ1v) is 7.03. The maximum absolute atomic E-state index is 13.1. The molecular formula is C15H21FN2O3. The highest BCUT2D eigenvalue weighted by molar-refractivity contribution is 5.73. The molecule has 1 saturated heterocycles. The lowest BCUT2D eigenvalue weighted by atomic mass is 10.1. The van der Waals surface area contributed by atoms with Crippen molar-refractivity contribution < 1.29 is 18.7 Å². The first kappa shape index (κ1) is 15.7. The Morgan fingerprint density at radius 1 is 1.33 bits per heavy atom. The molecule has 1 aromatic carbocycles. The molecule has 1 aliphatic heterocycles. The van der Waals surface area contributed by atoms with Crippen LogP contribution in [0.5, 0.6) is 0 Å². The summed E-state index contributed by atoms with van der Waals surface area (Å²) in [7, 11) is 0. The molecule has 0 radical (unpaired) electrons. The molecule has 0 aliphatic carbocycles. The number of rotatable bonds is 5. The number of benzene rings is 1. The molecule has 2 N–H and O–H groups in total. The minimum Gasteiger partial charge on any atom is -0.348 e. The van der Waals surface area contributed by atoms with Gasteiger partial charge in [0.15, 0.2) is 5.79 Å². The Morgan fingerprint density at radius 2 is 2.05 bits per heavy atom. The van der Waals surface area contributed by atoms with E-state index >= 15 is 0 Å². The molecule has 1 aliphatic rings. The number of halogens is 1. The Morgan fingerprint density at radius 3 is 2.71 bits per heavy atom. The number of aryl methyl sites for hydroxylation is 1. The van der Waals surface area contributed by atoms with Crippen LogP contribution < -0.4 is 10.6 Å². The van der Waals surface area contributed by atoms with Gasteiger partial charge in [-0.15, -0.1) is 0 Å². The minimum atomic E-state index is -0.596. The van der Waals surface area contributed by atoms with E-state index in [4.69, 9.17) is 9.47 Å². The molecule has 116 valence electrons. The monoisotopic (exact) mass is 296 g/mol. The summed E-state index contributed by atoms with van der Waals surface area (Å²) in [6.07, 6.45) is 0.593. The third-order valence-corrected chi connectivity index (χ3v) is 3.44. The molecule has 6 heteroatoms. The van der Waals surface area contributed by atoms with Crippen molar-refractivity contribution in [3.8, 4) is 0 Å². The van der Waals surface area contributed by atoms with Gasteiger partial charge in [-0.25, -0.2) is 9.18 Å². The Labute approximate surface area is 123 Å². The maximum Gasteiger partial charge on any atom is 0.315 e. The lowest BCUT2D eigenvalue weighted by Crippen LogP contribution is -2.39. The maximum atomic E-state index is 13.1. The molecule has 2 rings (SSSR count).